The van der Waals surface area contributed by atoms with Crippen molar-refractivity contribution in [3.63, 3.8) is 0 Å². The quantitative estimate of drug-likeness (QED) is 0.780. The molecule has 2 N–H and O–H groups in total. The van der Waals surface area contributed by atoms with Gasteiger partial charge < -0.3 is 14.8 Å². The molecule has 3 rings (SSSR count). The zero-order chi connectivity index (χ0) is 15.7. The fraction of sp³-hybridized carbons (Fsp3) is 0.176. The van der Waals surface area contributed by atoms with Gasteiger partial charge in [-0.25, -0.2) is 4.98 Å². The fourth-order valence-corrected chi connectivity index (χ4v) is 2.29. The Morgan fingerprint density at radius 3 is 2.82 bits per heavy atom. The molecule has 22 heavy (non-hydrogen) atoms. The van der Waals surface area contributed by atoms with E-state index in [1.807, 2.05) is 32.0 Å². The number of hydrogen-bond donors (Lipinski definition) is 2. The SMILES string of the molecule is Cc1ccc(C(=O)NCc2cn3cccc(O)c3n2)cc1C. The second-order valence-corrected chi connectivity index (χ2v) is 5.34. The van der Waals surface area contributed by atoms with Crippen molar-refractivity contribution in [3.05, 3.63) is 65.1 Å². The molecule has 0 radical (unpaired) electrons. The van der Waals surface area contributed by atoms with E-state index in [0.717, 1.165) is 11.1 Å². The van der Waals surface area contributed by atoms with Crippen molar-refractivity contribution in [2.45, 2.75) is 20.4 Å². The highest BCUT2D eigenvalue weighted by atomic mass is 16.3. The number of aromatic nitrogens is 2. The summed E-state index contributed by atoms with van der Waals surface area (Å²) in [7, 11) is 0. The van der Waals surface area contributed by atoms with Crippen LogP contribution in [-0.4, -0.2) is 20.4 Å². The molecule has 5 heteroatoms. The molecule has 0 atom stereocenters. The zero-order valence-corrected chi connectivity index (χ0v) is 12.5. The Morgan fingerprint density at radius 2 is 2.09 bits per heavy atom. The maximum atomic E-state index is 12.2. The third kappa shape index (κ3) is 2.65. The monoisotopic (exact) mass is 295 g/mol. The predicted molar refractivity (Wildman–Crippen MR) is 83.9 cm³/mol. The average molecular weight is 295 g/mol. The maximum Gasteiger partial charge on any atom is 0.251 e. The van der Waals surface area contributed by atoms with Crippen LogP contribution in [0.4, 0.5) is 0 Å². The summed E-state index contributed by atoms with van der Waals surface area (Å²) in [5.41, 5.74) is 4.06. The van der Waals surface area contributed by atoms with Gasteiger partial charge in [0.05, 0.1) is 12.2 Å². The first-order chi connectivity index (χ1) is 10.5. The van der Waals surface area contributed by atoms with Gasteiger partial charge in [-0.2, -0.15) is 0 Å². The van der Waals surface area contributed by atoms with Crippen LogP contribution in [0, 0.1) is 13.8 Å². The van der Waals surface area contributed by atoms with E-state index in [1.54, 1.807) is 28.9 Å². The molecule has 0 fully saturated rings. The second-order valence-electron chi connectivity index (χ2n) is 5.34. The molecule has 0 aliphatic carbocycles. The van der Waals surface area contributed by atoms with Crippen molar-refractivity contribution in [1.82, 2.24) is 14.7 Å². The summed E-state index contributed by atoms with van der Waals surface area (Å²) in [6.45, 7) is 4.31. The molecule has 0 unspecified atom stereocenters. The van der Waals surface area contributed by atoms with Gasteiger partial charge in [0.1, 0.15) is 0 Å². The molecule has 0 spiro atoms. The van der Waals surface area contributed by atoms with E-state index in [9.17, 15) is 9.90 Å². The highest BCUT2D eigenvalue weighted by molar-refractivity contribution is 5.94. The van der Waals surface area contributed by atoms with E-state index < -0.39 is 0 Å². The molecule has 2 heterocycles. The van der Waals surface area contributed by atoms with Gasteiger partial charge in [-0.1, -0.05) is 6.07 Å². The average Bonchev–Trinajstić information content (AvgIpc) is 2.92. The molecule has 0 bridgehead atoms. The number of pyridine rings is 1. The van der Waals surface area contributed by atoms with Crippen molar-refractivity contribution in [2.75, 3.05) is 0 Å². The molecule has 0 aliphatic rings. The number of hydrogen-bond acceptors (Lipinski definition) is 3. The van der Waals surface area contributed by atoms with Crippen LogP contribution in [0.25, 0.3) is 5.65 Å². The zero-order valence-electron chi connectivity index (χ0n) is 12.5. The summed E-state index contributed by atoms with van der Waals surface area (Å²) < 4.78 is 1.73. The lowest BCUT2D eigenvalue weighted by Crippen LogP contribution is -2.23. The van der Waals surface area contributed by atoms with E-state index in [4.69, 9.17) is 0 Å². The summed E-state index contributed by atoms with van der Waals surface area (Å²) in [5.74, 6) is -0.0152. The first-order valence-corrected chi connectivity index (χ1v) is 7.05. The van der Waals surface area contributed by atoms with E-state index in [-0.39, 0.29) is 11.7 Å². The summed E-state index contributed by atoms with van der Waals surface area (Å²) >= 11 is 0. The number of aryl methyl sites for hydroxylation is 2. The van der Waals surface area contributed by atoms with Crippen molar-refractivity contribution in [1.29, 1.82) is 0 Å². The van der Waals surface area contributed by atoms with Gasteiger partial charge in [0.25, 0.3) is 5.91 Å². The van der Waals surface area contributed by atoms with Crippen LogP contribution in [0.15, 0.2) is 42.7 Å². The van der Waals surface area contributed by atoms with E-state index >= 15 is 0 Å². The summed E-state index contributed by atoms with van der Waals surface area (Å²) in [6.07, 6.45) is 3.59. The minimum absolute atomic E-state index is 0.120. The third-order valence-corrected chi connectivity index (χ3v) is 3.71. The van der Waals surface area contributed by atoms with Crippen LogP contribution in [0.3, 0.4) is 0 Å². The largest absolute Gasteiger partial charge is 0.504 e. The number of nitrogens with zero attached hydrogens (tertiary/aromatic N) is 2. The number of carbonyl (C=O) groups is 1. The Labute approximate surface area is 128 Å². The number of amides is 1. The summed E-state index contributed by atoms with van der Waals surface area (Å²) in [6, 6.07) is 8.95. The number of carbonyl (C=O) groups excluding carboxylic acids is 1. The Morgan fingerprint density at radius 1 is 1.27 bits per heavy atom. The van der Waals surface area contributed by atoms with Gasteiger partial charge in [-0.3, -0.25) is 4.79 Å². The Hall–Kier alpha value is -2.82. The first-order valence-electron chi connectivity index (χ1n) is 7.05. The Balaban J connectivity index is 1.74. The molecule has 0 saturated carbocycles. The molecular weight excluding hydrogens is 278 g/mol. The molecular formula is C17H17N3O2. The van der Waals surface area contributed by atoms with Crippen LogP contribution in [0.2, 0.25) is 0 Å². The minimum atomic E-state index is -0.135. The molecule has 112 valence electrons. The summed E-state index contributed by atoms with van der Waals surface area (Å²) in [5, 5.41) is 12.6. The number of aromatic hydroxyl groups is 1. The highest BCUT2D eigenvalue weighted by Gasteiger charge is 2.09. The van der Waals surface area contributed by atoms with Crippen molar-refractivity contribution in [3.8, 4) is 5.75 Å². The number of rotatable bonds is 3. The van der Waals surface area contributed by atoms with Gasteiger partial charge in [0.2, 0.25) is 0 Å². The third-order valence-electron chi connectivity index (χ3n) is 3.71. The standard InChI is InChI=1S/C17H17N3O2/c1-11-5-6-13(8-12(11)2)17(22)18-9-14-10-20-7-3-4-15(21)16(20)19-14/h3-8,10,21H,9H2,1-2H3,(H,18,22). The van der Waals surface area contributed by atoms with Crippen LogP contribution < -0.4 is 5.32 Å². The molecule has 0 saturated heterocycles. The molecule has 5 nitrogen and oxygen atoms in total. The van der Waals surface area contributed by atoms with Gasteiger partial charge in [-0.15, -0.1) is 0 Å². The van der Waals surface area contributed by atoms with Crippen molar-refractivity contribution < 1.29 is 9.90 Å². The molecule has 0 aliphatic heterocycles. The van der Waals surface area contributed by atoms with Gasteiger partial charge in [0, 0.05) is 18.0 Å². The van der Waals surface area contributed by atoms with E-state index in [0.29, 0.717) is 23.4 Å². The van der Waals surface area contributed by atoms with E-state index in [1.165, 1.54) is 0 Å². The highest BCUT2D eigenvalue weighted by Crippen LogP contribution is 2.16. The summed E-state index contributed by atoms with van der Waals surface area (Å²) in [4.78, 5) is 16.5. The van der Waals surface area contributed by atoms with Crippen LogP contribution in [0.1, 0.15) is 27.2 Å². The number of imidazole rings is 1. The lowest BCUT2D eigenvalue weighted by atomic mass is 10.1. The number of benzene rings is 1. The van der Waals surface area contributed by atoms with E-state index in [2.05, 4.69) is 10.3 Å². The van der Waals surface area contributed by atoms with Crippen LogP contribution in [0.5, 0.6) is 5.75 Å². The van der Waals surface area contributed by atoms with Gasteiger partial charge in [0.15, 0.2) is 11.4 Å². The Bertz CT molecular complexity index is 852. The fourth-order valence-electron chi connectivity index (χ4n) is 2.29. The maximum absolute atomic E-state index is 12.2. The molecule has 1 aromatic carbocycles. The second kappa shape index (κ2) is 5.52. The smallest absolute Gasteiger partial charge is 0.251 e. The molecule has 3 aromatic rings. The lowest BCUT2D eigenvalue weighted by molar-refractivity contribution is 0.0950. The topological polar surface area (TPSA) is 66.6 Å². The van der Waals surface area contributed by atoms with Crippen molar-refractivity contribution >= 4 is 11.6 Å². The number of nitrogens with one attached hydrogen (secondary N) is 1. The number of fused-ring (bicyclic) bond motifs is 1. The Kier molecular flexibility index (Phi) is 3.55. The normalized spacial score (nSPS) is 10.8. The van der Waals surface area contributed by atoms with Crippen LogP contribution in [-0.2, 0) is 6.54 Å². The van der Waals surface area contributed by atoms with Gasteiger partial charge >= 0.3 is 0 Å². The van der Waals surface area contributed by atoms with Crippen molar-refractivity contribution in [2.24, 2.45) is 0 Å². The minimum Gasteiger partial charge on any atom is -0.504 e. The lowest BCUT2D eigenvalue weighted by Gasteiger charge is -2.06. The van der Waals surface area contributed by atoms with Gasteiger partial charge in [-0.05, 0) is 49.2 Å². The molecule has 1 amide bonds. The predicted octanol–water partition coefficient (Wildman–Crippen LogP) is 2.59. The first kappa shape index (κ1) is 14.1. The molecule has 2 aromatic heterocycles. The van der Waals surface area contributed by atoms with Crippen LogP contribution >= 0.6 is 0 Å².